The Morgan fingerprint density at radius 2 is 1.86 bits per heavy atom. The Morgan fingerprint density at radius 1 is 1.14 bits per heavy atom. The summed E-state index contributed by atoms with van der Waals surface area (Å²) in [6.45, 7) is 2.04. The van der Waals surface area contributed by atoms with Gasteiger partial charge < -0.3 is 5.11 Å². The van der Waals surface area contributed by atoms with Crippen molar-refractivity contribution in [1.82, 2.24) is 0 Å². The normalized spacial score (nSPS) is 17.4. The van der Waals surface area contributed by atoms with E-state index in [1.807, 2.05) is 43.3 Å². The van der Waals surface area contributed by atoms with Crippen LogP contribution in [0.1, 0.15) is 4.88 Å². The molecule has 4 nitrogen and oxygen atoms in total. The monoisotopic (exact) mass is 353 g/mol. The van der Waals surface area contributed by atoms with Crippen LogP contribution in [0, 0.1) is 6.92 Å². The van der Waals surface area contributed by atoms with Gasteiger partial charge >= 0.3 is 0 Å². The number of rotatable bonds is 3. The molecule has 0 aliphatic carbocycles. The maximum Gasteiger partial charge on any atom is 0.142 e. The van der Waals surface area contributed by atoms with Crippen molar-refractivity contribution < 1.29 is 13.8 Å². The lowest BCUT2D eigenvalue weighted by Crippen LogP contribution is -1.97. The lowest BCUT2D eigenvalue weighted by Gasteiger charge is -2.18. The number of benzene rings is 2. The number of anilines is 1. The van der Waals surface area contributed by atoms with E-state index in [1.165, 1.54) is 4.88 Å². The number of phenolic OH excluding ortho intramolecular Hbond substituents is 1. The number of fused-ring (bicyclic) bond motifs is 1. The van der Waals surface area contributed by atoms with Gasteiger partial charge in [-0.25, -0.2) is 0 Å². The highest BCUT2D eigenvalue weighted by Gasteiger charge is 2.43. The molecule has 1 aromatic heterocycles. The Bertz CT molecular complexity index is 876. The molecule has 2 N–H and O–H groups in total. The number of thiophene rings is 1. The van der Waals surface area contributed by atoms with Crippen LogP contribution in [0.4, 0.5) is 5.69 Å². The van der Waals surface area contributed by atoms with Crippen LogP contribution in [-0.2, 0) is 8.67 Å². The molecule has 2 aromatic carbocycles. The standard InChI is InChI=1S/C15H12ClNO3S2/c1-9-6-7-14(21-9)22(19-20-22)17-13-8-12(16)15(18)11-5-3-2-4-10(11)13/h2-8,17-18H,1H3. The molecule has 0 amide bonds. The first-order valence-electron chi connectivity index (χ1n) is 6.54. The third-order valence-corrected chi connectivity index (χ3v) is 6.95. The Balaban J connectivity index is 1.81. The van der Waals surface area contributed by atoms with Crippen molar-refractivity contribution in [2.24, 2.45) is 0 Å². The van der Waals surface area contributed by atoms with E-state index < -0.39 is 10.8 Å². The fourth-order valence-corrected chi connectivity index (χ4v) is 5.45. The zero-order chi connectivity index (χ0) is 15.3. The number of aryl methyl sites for hydroxylation is 1. The molecule has 7 heteroatoms. The van der Waals surface area contributed by atoms with Gasteiger partial charge in [0.05, 0.1) is 10.7 Å². The summed E-state index contributed by atoms with van der Waals surface area (Å²) in [6, 6.07) is 13.2. The minimum Gasteiger partial charge on any atom is -0.506 e. The van der Waals surface area contributed by atoms with E-state index in [2.05, 4.69) is 4.72 Å². The maximum atomic E-state index is 10.1. The van der Waals surface area contributed by atoms with Crippen LogP contribution in [0.15, 0.2) is 46.7 Å². The first-order chi connectivity index (χ1) is 10.6. The van der Waals surface area contributed by atoms with E-state index in [4.69, 9.17) is 20.3 Å². The molecule has 1 saturated heterocycles. The van der Waals surface area contributed by atoms with E-state index in [0.29, 0.717) is 10.4 Å². The van der Waals surface area contributed by atoms with Crippen molar-refractivity contribution in [3.63, 3.8) is 0 Å². The highest BCUT2D eigenvalue weighted by atomic mass is 35.5. The summed E-state index contributed by atoms with van der Waals surface area (Å²) in [4.78, 5) is 1.19. The van der Waals surface area contributed by atoms with Crippen LogP contribution >= 0.6 is 33.7 Å². The molecule has 0 spiro atoms. The molecule has 1 aliphatic heterocycles. The van der Waals surface area contributed by atoms with Gasteiger partial charge in [0.25, 0.3) is 0 Å². The first-order valence-corrected chi connectivity index (χ1v) is 9.22. The second kappa shape index (κ2) is 5.04. The van der Waals surface area contributed by atoms with Crippen molar-refractivity contribution in [2.75, 3.05) is 4.72 Å². The summed E-state index contributed by atoms with van der Waals surface area (Å²) in [5.74, 6) is 0.0801. The van der Waals surface area contributed by atoms with Crippen LogP contribution in [0.5, 0.6) is 5.75 Å². The predicted octanol–water partition coefficient (Wildman–Crippen LogP) is 5.55. The van der Waals surface area contributed by atoms with Gasteiger partial charge in [-0.1, -0.05) is 44.5 Å². The topological polar surface area (TPSA) is 57.3 Å². The van der Waals surface area contributed by atoms with Gasteiger partial charge in [0.15, 0.2) is 0 Å². The van der Waals surface area contributed by atoms with E-state index >= 15 is 0 Å². The predicted molar refractivity (Wildman–Crippen MR) is 91.3 cm³/mol. The lowest BCUT2D eigenvalue weighted by atomic mass is 10.1. The Morgan fingerprint density at radius 3 is 2.50 bits per heavy atom. The molecule has 0 bridgehead atoms. The number of hydrogen-bond acceptors (Lipinski definition) is 5. The molecule has 2 heterocycles. The second-order valence-electron chi connectivity index (χ2n) is 4.91. The molecular weight excluding hydrogens is 342 g/mol. The van der Waals surface area contributed by atoms with Crippen LogP contribution in [0.25, 0.3) is 10.8 Å². The maximum absolute atomic E-state index is 10.1. The molecule has 1 fully saturated rings. The van der Waals surface area contributed by atoms with Gasteiger partial charge in [0.1, 0.15) is 9.96 Å². The highest BCUT2D eigenvalue weighted by molar-refractivity contribution is 8.31. The van der Waals surface area contributed by atoms with Crippen molar-refractivity contribution in [3.8, 4) is 5.75 Å². The average Bonchev–Trinajstić information content (AvgIpc) is 3.17. The van der Waals surface area contributed by atoms with Gasteiger partial charge in [-0.3, -0.25) is 4.72 Å². The Labute approximate surface area is 138 Å². The van der Waals surface area contributed by atoms with Crippen LogP contribution < -0.4 is 4.72 Å². The minimum absolute atomic E-state index is 0.0801. The Kier molecular flexibility index (Phi) is 3.25. The van der Waals surface area contributed by atoms with Crippen molar-refractivity contribution >= 4 is 50.2 Å². The minimum atomic E-state index is -1.94. The number of phenols is 1. The summed E-state index contributed by atoms with van der Waals surface area (Å²) in [6.07, 6.45) is 0. The number of aromatic hydroxyl groups is 1. The van der Waals surface area contributed by atoms with E-state index in [-0.39, 0.29) is 5.75 Å². The number of halogens is 1. The SMILES string of the molecule is Cc1ccc(S2(Nc3cc(Cl)c(O)c4ccccc34)OO2)s1. The zero-order valence-corrected chi connectivity index (χ0v) is 13.9. The molecule has 0 atom stereocenters. The average molecular weight is 354 g/mol. The summed E-state index contributed by atoms with van der Waals surface area (Å²) in [5.41, 5.74) is 0.775. The summed E-state index contributed by atoms with van der Waals surface area (Å²) in [7, 11) is -1.94. The first kappa shape index (κ1) is 14.2. The van der Waals surface area contributed by atoms with Gasteiger partial charge in [0, 0.05) is 15.6 Å². The van der Waals surface area contributed by atoms with Gasteiger partial charge in [0.2, 0.25) is 0 Å². The summed E-state index contributed by atoms with van der Waals surface area (Å²) < 4.78 is 14.9. The third-order valence-electron chi connectivity index (χ3n) is 3.40. The van der Waals surface area contributed by atoms with Crippen LogP contribution in [0.3, 0.4) is 0 Å². The largest absolute Gasteiger partial charge is 0.506 e. The molecule has 22 heavy (non-hydrogen) atoms. The van der Waals surface area contributed by atoms with E-state index in [0.717, 1.165) is 15.3 Å². The lowest BCUT2D eigenvalue weighted by molar-refractivity contribution is 0.0850. The highest BCUT2D eigenvalue weighted by Crippen LogP contribution is 2.72. The van der Waals surface area contributed by atoms with Crippen molar-refractivity contribution in [3.05, 3.63) is 52.4 Å². The fraction of sp³-hybridized carbons (Fsp3) is 0.0667. The van der Waals surface area contributed by atoms with Gasteiger partial charge in [-0.15, -0.1) is 11.3 Å². The smallest absolute Gasteiger partial charge is 0.142 e. The van der Waals surface area contributed by atoms with Gasteiger partial charge in [-0.2, -0.15) is 0 Å². The van der Waals surface area contributed by atoms with Crippen LogP contribution in [0.2, 0.25) is 5.02 Å². The molecule has 0 radical (unpaired) electrons. The van der Waals surface area contributed by atoms with Gasteiger partial charge in [-0.05, 0) is 35.9 Å². The van der Waals surface area contributed by atoms with E-state index in [9.17, 15) is 5.11 Å². The van der Waals surface area contributed by atoms with Crippen molar-refractivity contribution in [1.29, 1.82) is 0 Å². The van der Waals surface area contributed by atoms with Crippen LogP contribution in [-0.4, -0.2) is 5.11 Å². The third kappa shape index (κ3) is 2.24. The quantitative estimate of drug-likeness (QED) is 0.368. The molecule has 3 aromatic rings. The molecule has 0 saturated carbocycles. The Hall–Kier alpha value is -1.44. The number of hydrogen-bond donors (Lipinski definition) is 2. The fourth-order valence-electron chi connectivity index (χ4n) is 2.29. The molecule has 4 rings (SSSR count). The molecule has 0 unspecified atom stereocenters. The second-order valence-corrected chi connectivity index (χ2v) is 8.78. The number of nitrogens with one attached hydrogen (secondary N) is 1. The summed E-state index contributed by atoms with van der Waals surface area (Å²) >= 11 is 7.76. The van der Waals surface area contributed by atoms with Crippen molar-refractivity contribution in [2.45, 2.75) is 11.1 Å². The zero-order valence-electron chi connectivity index (χ0n) is 11.5. The van der Waals surface area contributed by atoms with E-state index in [1.54, 1.807) is 17.4 Å². The summed E-state index contributed by atoms with van der Waals surface area (Å²) in [5, 5.41) is 11.9. The molecule has 114 valence electrons. The molecule has 1 aliphatic rings. The molecular formula is C15H12ClNO3S2.